The van der Waals surface area contributed by atoms with Gasteiger partial charge in [0.25, 0.3) is 11.8 Å². The average molecular weight is 451 g/mol. The standard InChI is InChI=1S/C21H23ClN2O5S/c1-28-18-9-8-15(12-16(18)22)23-19(25)13-29-21(27)17(10-11-30-2)24-20(26)14-6-4-3-5-7-14/h3-9,12,17H,10-11,13H2,1-2H3,(H,23,25)(H,24,26). The second-order valence-electron chi connectivity index (χ2n) is 6.18. The highest BCUT2D eigenvalue weighted by molar-refractivity contribution is 7.98. The van der Waals surface area contributed by atoms with E-state index >= 15 is 0 Å². The van der Waals surface area contributed by atoms with E-state index in [0.717, 1.165) is 0 Å². The van der Waals surface area contributed by atoms with E-state index < -0.39 is 24.5 Å². The Morgan fingerprint density at radius 2 is 1.87 bits per heavy atom. The zero-order chi connectivity index (χ0) is 21.9. The minimum absolute atomic E-state index is 0.341. The number of carbonyl (C=O) groups excluding carboxylic acids is 3. The molecule has 9 heteroatoms. The van der Waals surface area contributed by atoms with Crippen LogP contribution in [0.3, 0.4) is 0 Å². The smallest absolute Gasteiger partial charge is 0.329 e. The van der Waals surface area contributed by atoms with Crippen LogP contribution in [0.15, 0.2) is 48.5 Å². The van der Waals surface area contributed by atoms with Crippen molar-refractivity contribution in [3.05, 3.63) is 59.1 Å². The summed E-state index contributed by atoms with van der Waals surface area (Å²) in [7, 11) is 1.49. The van der Waals surface area contributed by atoms with Crippen LogP contribution in [0.2, 0.25) is 5.02 Å². The van der Waals surface area contributed by atoms with Crippen LogP contribution in [0.1, 0.15) is 16.8 Å². The number of ether oxygens (including phenoxy) is 2. The van der Waals surface area contributed by atoms with Crippen molar-refractivity contribution in [1.82, 2.24) is 5.32 Å². The Hall–Kier alpha value is -2.71. The van der Waals surface area contributed by atoms with E-state index in [-0.39, 0.29) is 5.91 Å². The van der Waals surface area contributed by atoms with Crippen molar-refractivity contribution in [2.45, 2.75) is 12.5 Å². The first-order valence-corrected chi connectivity index (χ1v) is 10.9. The number of rotatable bonds is 10. The maximum absolute atomic E-state index is 12.4. The van der Waals surface area contributed by atoms with Crippen molar-refractivity contribution in [3.8, 4) is 5.75 Å². The molecule has 0 aliphatic carbocycles. The molecule has 0 bridgehead atoms. The van der Waals surface area contributed by atoms with E-state index in [1.54, 1.807) is 42.5 Å². The van der Waals surface area contributed by atoms with Gasteiger partial charge in [0, 0.05) is 11.3 Å². The molecule has 1 atom stereocenters. The van der Waals surface area contributed by atoms with Gasteiger partial charge >= 0.3 is 5.97 Å². The van der Waals surface area contributed by atoms with Gasteiger partial charge in [0.05, 0.1) is 12.1 Å². The molecule has 0 radical (unpaired) electrons. The molecule has 2 aromatic carbocycles. The molecule has 0 saturated carbocycles. The Balaban J connectivity index is 1.91. The summed E-state index contributed by atoms with van der Waals surface area (Å²) in [6.45, 7) is -0.487. The Labute approximate surface area is 184 Å². The zero-order valence-electron chi connectivity index (χ0n) is 16.6. The number of thioether (sulfide) groups is 1. The van der Waals surface area contributed by atoms with Crippen LogP contribution in [0.5, 0.6) is 5.75 Å². The summed E-state index contributed by atoms with van der Waals surface area (Å²) in [4.78, 5) is 36.9. The predicted molar refractivity (Wildman–Crippen MR) is 118 cm³/mol. The molecule has 0 heterocycles. The molecule has 2 N–H and O–H groups in total. The molecular formula is C21H23ClN2O5S. The topological polar surface area (TPSA) is 93.7 Å². The van der Waals surface area contributed by atoms with Gasteiger partial charge < -0.3 is 20.1 Å². The third-order valence-electron chi connectivity index (χ3n) is 4.02. The van der Waals surface area contributed by atoms with E-state index in [1.807, 2.05) is 6.26 Å². The average Bonchev–Trinajstić information content (AvgIpc) is 2.75. The summed E-state index contributed by atoms with van der Waals surface area (Å²) in [5.41, 5.74) is 0.881. The zero-order valence-corrected chi connectivity index (χ0v) is 18.2. The van der Waals surface area contributed by atoms with E-state index in [4.69, 9.17) is 21.1 Å². The van der Waals surface area contributed by atoms with E-state index in [0.29, 0.717) is 34.2 Å². The first-order valence-electron chi connectivity index (χ1n) is 9.09. The van der Waals surface area contributed by atoms with Crippen molar-refractivity contribution in [3.63, 3.8) is 0 Å². The molecular weight excluding hydrogens is 428 g/mol. The quantitative estimate of drug-likeness (QED) is 0.539. The Kier molecular flexibility index (Phi) is 9.50. The minimum Gasteiger partial charge on any atom is -0.495 e. The van der Waals surface area contributed by atoms with Crippen LogP contribution >= 0.6 is 23.4 Å². The van der Waals surface area contributed by atoms with Crippen LogP contribution in [0.4, 0.5) is 5.69 Å². The van der Waals surface area contributed by atoms with Gasteiger partial charge in [0.2, 0.25) is 0 Å². The highest BCUT2D eigenvalue weighted by atomic mass is 35.5. The molecule has 2 rings (SSSR count). The Morgan fingerprint density at radius 1 is 1.13 bits per heavy atom. The lowest BCUT2D eigenvalue weighted by atomic mass is 10.1. The number of hydrogen-bond acceptors (Lipinski definition) is 6. The Morgan fingerprint density at radius 3 is 2.50 bits per heavy atom. The number of nitrogens with one attached hydrogen (secondary N) is 2. The number of benzene rings is 2. The minimum atomic E-state index is -0.853. The molecule has 0 aliphatic rings. The van der Waals surface area contributed by atoms with Crippen molar-refractivity contribution in [1.29, 1.82) is 0 Å². The fourth-order valence-electron chi connectivity index (χ4n) is 2.49. The largest absolute Gasteiger partial charge is 0.495 e. The summed E-state index contributed by atoms with van der Waals surface area (Å²) in [5.74, 6) is -0.451. The molecule has 2 amide bonds. The van der Waals surface area contributed by atoms with Gasteiger partial charge in [-0.25, -0.2) is 4.79 Å². The van der Waals surface area contributed by atoms with Crippen LogP contribution in [0, 0.1) is 0 Å². The SMILES string of the molecule is COc1ccc(NC(=O)COC(=O)C(CCSC)NC(=O)c2ccccc2)cc1Cl. The number of hydrogen-bond donors (Lipinski definition) is 2. The first kappa shape index (κ1) is 23.6. The highest BCUT2D eigenvalue weighted by Gasteiger charge is 2.23. The molecule has 0 aromatic heterocycles. The number of amides is 2. The lowest BCUT2D eigenvalue weighted by Gasteiger charge is -2.17. The fraction of sp³-hybridized carbons (Fsp3) is 0.286. The van der Waals surface area contributed by atoms with Crippen LogP contribution < -0.4 is 15.4 Å². The molecule has 2 aromatic rings. The molecule has 0 fully saturated rings. The van der Waals surface area contributed by atoms with E-state index in [2.05, 4.69) is 10.6 Å². The second kappa shape index (κ2) is 12.1. The van der Waals surface area contributed by atoms with Gasteiger partial charge in [-0.05, 0) is 48.8 Å². The summed E-state index contributed by atoms with van der Waals surface area (Å²) in [6, 6.07) is 12.5. The maximum atomic E-state index is 12.4. The predicted octanol–water partition coefficient (Wildman–Crippen LogP) is 3.38. The molecule has 1 unspecified atom stereocenters. The van der Waals surface area contributed by atoms with E-state index in [9.17, 15) is 14.4 Å². The third-order valence-corrected chi connectivity index (χ3v) is 4.96. The van der Waals surface area contributed by atoms with Gasteiger partial charge in [-0.3, -0.25) is 9.59 Å². The molecule has 30 heavy (non-hydrogen) atoms. The van der Waals surface area contributed by atoms with Crippen LogP contribution in [0.25, 0.3) is 0 Å². The number of anilines is 1. The highest BCUT2D eigenvalue weighted by Crippen LogP contribution is 2.27. The van der Waals surface area contributed by atoms with Crippen molar-refractivity contribution < 1.29 is 23.9 Å². The number of halogens is 1. The summed E-state index contributed by atoms with van der Waals surface area (Å²) in [5, 5.41) is 5.60. The van der Waals surface area contributed by atoms with Crippen LogP contribution in [-0.2, 0) is 14.3 Å². The van der Waals surface area contributed by atoms with Gasteiger partial charge in [0.15, 0.2) is 6.61 Å². The first-order chi connectivity index (χ1) is 14.4. The molecule has 0 spiro atoms. The maximum Gasteiger partial charge on any atom is 0.329 e. The normalized spacial score (nSPS) is 11.3. The van der Waals surface area contributed by atoms with E-state index in [1.165, 1.54) is 24.9 Å². The van der Waals surface area contributed by atoms with Gasteiger partial charge in [-0.2, -0.15) is 11.8 Å². The van der Waals surface area contributed by atoms with Crippen molar-refractivity contribution >= 4 is 46.8 Å². The number of esters is 1. The molecule has 160 valence electrons. The molecule has 7 nitrogen and oxygen atoms in total. The van der Waals surface area contributed by atoms with Crippen LogP contribution in [-0.4, -0.2) is 49.6 Å². The number of methoxy groups -OCH3 is 1. The van der Waals surface area contributed by atoms with Gasteiger partial charge in [0.1, 0.15) is 11.8 Å². The number of carbonyl (C=O) groups is 3. The van der Waals surface area contributed by atoms with Crippen molar-refractivity contribution in [2.75, 3.05) is 31.0 Å². The lowest BCUT2D eigenvalue weighted by Crippen LogP contribution is -2.43. The lowest BCUT2D eigenvalue weighted by molar-refractivity contribution is -0.149. The summed E-state index contributed by atoms with van der Waals surface area (Å²) in [6.07, 6.45) is 2.28. The monoisotopic (exact) mass is 450 g/mol. The fourth-order valence-corrected chi connectivity index (χ4v) is 3.22. The second-order valence-corrected chi connectivity index (χ2v) is 7.57. The Bertz CT molecular complexity index is 879. The van der Waals surface area contributed by atoms with Gasteiger partial charge in [-0.1, -0.05) is 29.8 Å². The van der Waals surface area contributed by atoms with Crippen molar-refractivity contribution in [2.24, 2.45) is 0 Å². The summed E-state index contributed by atoms with van der Waals surface area (Å²) >= 11 is 7.57. The third kappa shape index (κ3) is 7.27. The molecule has 0 saturated heterocycles. The summed E-state index contributed by atoms with van der Waals surface area (Å²) < 4.78 is 10.2. The van der Waals surface area contributed by atoms with Gasteiger partial charge in [-0.15, -0.1) is 0 Å². The molecule has 0 aliphatic heterocycles.